The quantitative estimate of drug-likeness (QED) is 0.757. The molecule has 1 atom stereocenters. The van der Waals surface area contributed by atoms with Crippen LogP contribution in [0.3, 0.4) is 0 Å². The molecule has 0 spiro atoms. The van der Waals surface area contributed by atoms with Gasteiger partial charge in [-0.2, -0.15) is 0 Å². The van der Waals surface area contributed by atoms with Gasteiger partial charge in [-0.15, -0.1) is 0 Å². The summed E-state index contributed by atoms with van der Waals surface area (Å²) in [6.07, 6.45) is 1.67. The van der Waals surface area contributed by atoms with Gasteiger partial charge >= 0.3 is 12.0 Å². The number of urea groups is 1. The van der Waals surface area contributed by atoms with E-state index in [0.29, 0.717) is 19.6 Å². The average molecular weight is 368 g/mol. The Morgan fingerprint density at radius 1 is 1.07 bits per heavy atom. The number of aromatic carboxylic acids is 1. The second-order valence-corrected chi connectivity index (χ2v) is 6.99. The molecular weight excluding hydrogens is 344 g/mol. The highest BCUT2D eigenvalue weighted by molar-refractivity contribution is 5.87. The number of amides is 2. The van der Waals surface area contributed by atoms with Crippen LogP contribution >= 0.6 is 0 Å². The van der Waals surface area contributed by atoms with Crippen molar-refractivity contribution in [2.75, 3.05) is 19.7 Å². The Hall–Kier alpha value is -2.86. The van der Waals surface area contributed by atoms with E-state index in [-0.39, 0.29) is 18.2 Å². The number of likely N-dealkylation sites (tertiary alicyclic amines) is 1. The minimum Gasteiger partial charge on any atom is -0.478 e. The van der Waals surface area contributed by atoms with Crippen molar-refractivity contribution in [1.29, 1.82) is 0 Å². The fourth-order valence-corrected chi connectivity index (χ4v) is 3.61. The van der Waals surface area contributed by atoms with Gasteiger partial charge in [-0.1, -0.05) is 42.5 Å². The van der Waals surface area contributed by atoms with E-state index >= 15 is 0 Å². The second-order valence-electron chi connectivity index (χ2n) is 6.99. The summed E-state index contributed by atoms with van der Waals surface area (Å²) < 4.78 is 0. The highest BCUT2D eigenvalue weighted by atomic mass is 16.4. The van der Waals surface area contributed by atoms with E-state index in [1.807, 2.05) is 30.3 Å². The predicted molar refractivity (Wildman–Crippen MR) is 102 cm³/mol. The molecule has 0 bridgehead atoms. The monoisotopic (exact) mass is 368 g/mol. The van der Waals surface area contributed by atoms with Gasteiger partial charge in [-0.3, -0.25) is 0 Å². The average Bonchev–Trinajstić information content (AvgIpc) is 2.73. The molecule has 27 heavy (non-hydrogen) atoms. The number of carbonyl (C=O) groups excluding carboxylic acids is 1. The minimum absolute atomic E-state index is 0.00254. The molecular formula is C21H24N2O4. The fourth-order valence-electron chi connectivity index (χ4n) is 3.61. The molecule has 2 aromatic carbocycles. The van der Waals surface area contributed by atoms with E-state index in [2.05, 4.69) is 5.32 Å². The topological polar surface area (TPSA) is 89.9 Å². The van der Waals surface area contributed by atoms with Crippen LogP contribution in [0.25, 0.3) is 0 Å². The predicted octanol–water partition coefficient (Wildman–Crippen LogP) is 2.62. The number of carboxylic acids is 1. The highest BCUT2D eigenvalue weighted by Gasteiger charge is 2.38. The molecule has 2 aromatic rings. The molecule has 1 aliphatic heterocycles. The summed E-state index contributed by atoms with van der Waals surface area (Å²) in [6.45, 7) is 1.44. The lowest BCUT2D eigenvalue weighted by molar-refractivity contribution is 0.0696. The van der Waals surface area contributed by atoms with Crippen molar-refractivity contribution in [1.82, 2.24) is 10.2 Å². The Labute approximate surface area is 158 Å². The van der Waals surface area contributed by atoms with Crippen LogP contribution in [0.1, 0.15) is 34.3 Å². The van der Waals surface area contributed by atoms with Gasteiger partial charge in [0.2, 0.25) is 0 Å². The van der Waals surface area contributed by atoms with Crippen LogP contribution in [-0.2, 0) is 12.0 Å². The number of rotatable bonds is 5. The lowest BCUT2D eigenvalue weighted by atomic mass is 9.75. The third kappa shape index (κ3) is 4.28. The van der Waals surface area contributed by atoms with E-state index in [9.17, 15) is 14.7 Å². The number of piperidine rings is 1. The van der Waals surface area contributed by atoms with Crippen molar-refractivity contribution < 1.29 is 19.8 Å². The summed E-state index contributed by atoms with van der Waals surface area (Å²) in [7, 11) is 0. The van der Waals surface area contributed by atoms with E-state index in [1.54, 1.807) is 17.0 Å². The maximum Gasteiger partial charge on any atom is 0.335 e. The maximum absolute atomic E-state index is 12.6. The summed E-state index contributed by atoms with van der Waals surface area (Å²) in [4.78, 5) is 25.3. The van der Waals surface area contributed by atoms with E-state index < -0.39 is 11.4 Å². The number of benzene rings is 2. The van der Waals surface area contributed by atoms with Crippen LogP contribution in [0.4, 0.5) is 4.79 Å². The van der Waals surface area contributed by atoms with Crippen molar-refractivity contribution in [3.63, 3.8) is 0 Å². The summed E-state index contributed by atoms with van der Waals surface area (Å²) >= 11 is 0. The highest BCUT2D eigenvalue weighted by Crippen LogP contribution is 2.33. The van der Waals surface area contributed by atoms with Gasteiger partial charge < -0.3 is 20.4 Å². The zero-order valence-electron chi connectivity index (χ0n) is 15.1. The molecule has 1 heterocycles. The molecule has 1 aliphatic rings. The van der Waals surface area contributed by atoms with Gasteiger partial charge in [-0.25, -0.2) is 9.59 Å². The number of aliphatic hydroxyl groups is 1. The number of carboxylic acid groups (broad SMARTS) is 1. The van der Waals surface area contributed by atoms with Crippen LogP contribution in [0.15, 0.2) is 54.6 Å². The molecule has 3 rings (SSSR count). The Balaban J connectivity index is 1.63. The lowest BCUT2D eigenvalue weighted by Gasteiger charge is -2.42. The zero-order valence-corrected chi connectivity index (χ0v) is 15.1. The van der Waals surface area contributed by atoms with Crippen LogP contribution in [0, 0.1) is 0 Å². The van der Waals surface area contributed by atoms with Crippen molar-refractivity contribution in [2.45, 2.75) is 24.8 Å². The maximum atomic E-state index is 12.6. The van der Waals surface area contributed by atoms with Crippen molar-refractivity contribution >= 4 is 12.0 Å². The summed E-state index contributed by atoms with van der Waals surface area (Å²) in [5, 5.41) is 21.9. The molecule has 0 radical (unpaired) electrons. The number of nitrogens with zero attached hydrogens (tertiary/aromatic N) is 1. The Morgan fingerprint density at radius 3 is 2.41 bits per heavy atom. The number of carbonyl (C=O) groups is 2. The van der Waals surface area contributed by atoms with E-state index in [1.165, 1.54) is 12.1 Å². The molecule has 2 amide bonds. The molecule has 3 N–H and O–H groups in total. The van der Waals surface area contributed by atoms with Crippen molar-refractivity contribution in [2.24, 2.45) is 0 Å². The normalized spacial score (nSPS) is 19.5. The first-order valence-electron chi connectivity index (χ1n) is 9.05. The van der Waals surface area contributed by atoms with Crippen LogP contribution in [0.5, 0.6) is 0 Å². The molecule has 0 aliphatic carbocycles. The Bertz CT molecular complexity index is 792. The molecule has 1 fully saturated rings. The largest absolute Gasteiger partial charge is 0.478 e. The lowest BCUT2D eigenvalue weighted by Crippen LogP contribution is -2.53. The van der Waals surface area contributed by atoms with Crippen molar-refractivity contribution in [3.05, 3.63) is 71.3 Å². The van der Waals surface area contributed by atoms with E-state index in [4.69, 9.17) is 5.11 Å². The fraction of sp³-hybridized carbons (Fsp3) is 0.333. The Morgan fingerprint density at radius 2 is 1.78 bits per heavy atom. The summed E-state index contributed by atoms with van der Waals surface area (Å²) in [6, 6.07) is 16.1. The molecule has 0 saturated carbocycles. The molecule has 1 saturated heterocycles. The SMILES string of the molecule is O=C(O)c1ccc(CNC(=O)N2CCCC(CO)(c3ccccc3)C2)cc1. The molecule has 142 valence electrons. The third-order valence-electron chi connectivity index (χ3n) is 5.20. The summed E-state index contributed by atoms with van der Waals surface area (Å²) in [5.41, 5.74) is 1.67. The number of nitrogens with one attached hydrogen (secondary N) is 1. The first kappa shape index (κ1) is 18.9. The second kappa shape index (κ2) is 8.22. The Kier molecular flexibility index (Phi) is 5.76. The number of aliphatic hydroxyl groups excluding tert-OH is 1. The van der Waals surface area contributed by atoms with Crippen LogP contribution in [0.2, 0.25) is 0 Å². The number of hydrogen-bond acceptors (Lipinski definition) is 3. The van der Waals surface area contributed by atoms with E-state index in [0.717, 1.165) is 24.0 Å². The minimum atomic E-state index is -0.972. The van der Waals surface area contributed by atoms with Gasteiger partial charge in [0.1, 0.15) is 0 Å². The molecule has 6 heteroatoms. The smallest absolute Gasteiger partial charge is 0.335 e. The first-order valence-corrected chi connectivity index (χ1v) is 9.05. The van der Waals surface area contributed by atoms with Crippen LogP contribution in [-0.4, -0.2) is 46.8 Å². The third-order valence-corrected chi connectivity index (χ3v) is 5.20. The molecule has 6 nitrogen and oxygen atoms in total. The van der Waals surface area contributed by atoms with Crippen LogP contribution < -0.4 is 5.32 Å². The standard InChI is InChI=1S/C21H24N2O4/c24-15-21(18-5-2-1-3-6-18)11-4-12-23(14-21)20(27)22-13-16-7-9-17(10-8-16)19(25)26/h1-3,5-10,24H,4,11-15H2,(H,22,27)(H,25,26). The molecule has 1 unspecified atom stereocenters. The summed E-state index contributed by atoms with van der Waals surface area (Å²) in [5.74, 6) is -0.972. The van der Waals surface area contributed by atoms with Gasteiger partial charge in [0, 0.05) is 25.0 Å². The zero-order chi connectivity index (χ0) is 19.3. The molecule has 0 aromatic heterocycles. The number of hydrogen-bond donors (Lipinski definition) is 3. The van der Waals surface area contributed by atoms with Gasteiger partial charge in [0.15, 0.2) is 0 Å². The first-order chi connectivity index (χ1) is 13.0. The van der Waals surface area contributed by atoms with Gasteiger partial charge in [-0.05, 0) is 36.1 Å². The van der Waals surface area contributed by atoms with Gasteiger partial charge in [0.25, 0.3) is 0 Å². The van der Waals surface area contributed by atoms with Crippen molar-refractivity contribution in [3.8, 4) is 0 Å². The van der Waals surface area contributed by atoms with Gasteiger partial charge in [0.05, 0.1) is 12.2 Å².